The highest BCUT2D eigenvalue weighted by Gasteiger charge is 2.44. The molecule has 1 spiro atoms. The second-order valence-electron chi connectivity index (χ2n) is 15.3. The van der Waals surface area contributed by atoms with Crippen LogP contribution < -0.4 is 20.9 Å². The Kier molecular flexibility index (Phi) is 11.1. The number of aliphatic carboxylic acids is 1. The summed E-state index contributed by atoms with van der Waals surface area (Å²) in [5.74, 6) is -0.145. The molecule has 2 aromatic heterocycles. The van der Waals surface area contributed by atoms with Crippen molar-refractivity contribution in [3.63, 3.8) is 0 Å². The van der Waals surface area contributed by atoms with Crippen molar-refractivity contribution in [3.05, 3.63) is 69.5 Å². The number of rotatable bonds is 11. The molecule has 0 bridgehead atoms. The molecule has 2 atom stereocenters. The Morgan fingerprint density at radius 3 is 2.54 bits per heavy atom. The van der Waals surface area contributed by atoms with Crippen LogP contribution >= 0.6 is 0 Å². The number of benzene rings is 1. The van der Waals surface area contributed by atoms with Gasteiger partial charge < -0.3 is 35.4 Å². The smallest absolute Gasteiger partial charge is 0.310 e. The molecule has 0 saturated carbocycles. The van der Waals surface area contributed by atoms with Crippen molar-refractivity contribution in [2.45, 2.75) is 83.3 Å². The van der Waals surface area contributed by atoms with E-state index in [1.54, 1.807) is 26.8 Å². The molecule has 0 aliphatic carbocycles. The molecule has 3 aliphatic heterocycles. The van der Waals surface area contributed by atoms with E-state index in [0.717, 1.165) is 53.1 Å². The Balaban J connectivity index is 1.36. The molecule has 2 unspecified atom stereocenters. The molecular weight excluding hydrogens is 681 g/mol. The van der Waals surface area contributed by atoms with Crippen LogP contribution in [-0.4, -0.2) is 85.6 Å². The molecule has 3 aliphatic rings. The summed E-state index contributed by atoms with van der Waals surface area (Å²) in [6.45, 7) is 14.6. The maximum Gasteiger partial charge on any atom is 0.310 e. The molecule has 2 saturated heterocycles. The normalized spacial score (nSPS) is 20.3. The van der Waals surface area contributed by atoms with Crippen LogP contribution in [0.1, 0.15) is 85.9 Å². The van der Waals surface area contributed by atoms with Crippen LogP contribution in [-0.2, 0) is 34.1 Å². The number of carboxylic acids is 1. The van der Waals surface area contributed by atoms with Gasteiger partial charge in [-0.25, -0.2) is 8.51 Å². The quantitative estimate of drug-likeness (QED) is 0.242. The predicted molar refractivity (Wildman–Crippen MR) is 202 cm³/mol. The molecule has 13 heteroatoms. The predicted octanol–water partition coefficient (Wildman–Crippen LogP) is 5.12. The number of pyridine rings is 1. The molecule has 0 amide bonds. The average Bonchev–Trinajstić information content (AvgIpc) is 3.68. The van der Waals surface area contributed by atoms with E-state index in [0.29, 0.717) is 73.9 Å². The highest BCUT2D eigenvalue weighted by atomic mass is 32.2. The van der Waals surface area contributed by atoms with E-state index in [1.807, 2.05) is 54.0 Å². The summed E-state index contributed by atoms with van der Waals surface area (Å²) in [6, 6.07) is 9.86. The molecular formula is C39H54N6O6S. The number of likely N-dealkylation sites (tertiary alicyclic amines) is 1. The summed E-state index contributed by atoms with van der Waals surface area (Å²) < 4.78 is 37.1. The second kappa shape index (κ2) is 15.2. The number of hydrogen-bond donors (Lipinski definition) is 3. The van der Waals surface area contributed by atoms with Crippen molar-refractivity contribution in [1.82, 2.24) is 18.8 Å². The van der Waals surface area contributed by atoms with Gasteiger partial charge in [0.1, 0.15) is 33.9 Å². The first-order valence-electron chi connectivity index (χ1n) is 18.2. The van der Waals surface area contributed by atoms with Gasteiger partial charge in [-0.2, -0.15) is 4.98 Å². The number of nitrogen functional groups attached to an aromatic ring is 1. The summed E-state index contributed by atoms with van der Waals surface area (Å²) in [7, 11) is 0.235. The lowest BCUT2D eigenvalue weighted by molar-refractivity contribution is -0.147. The first-order valence-corrected chi connectivity index (χ1v) is 19.3. The van der Waals surface area contributed by atoms with Crippen LogP contribution in [0.4, 0.5) is 5.82 Å². The molecule has 12 nitrogen and oxygen atoms in total. The van der Waals surface area contributed by atoms with Gasteiger partial charge in [-0.05, 0) is 95.4 Å². The molecule has 282 valence electrons. The maximum absolute atomic E-state index is 14.6. The fraction of sp³-hybridized carbons (Fsp3) is 0.538. The third-order valence-corrected chi connectivity index (χ3v) is 12.3. The Bertz CT molecular complexity index is 1860. The first kappa shape index (κ1) is 37.8. The minimum Gasteiger partial charge on any atom is -0.481 e. The lowest BCUT2D eigenvalue weighted by Gasteiger charge is -2.38. The molecule has 3 aromatic rings. The number of anilines is 1. The van der Waals surface area contributed by atoms with E-state index in [2.05, 4.69) is 11.0 Å². The van der Waals surface area contributed by atoms with E-state index in [4.69, 9.17) is 30.7 Å². The Morgan fingerprint density at radius 2 is 1.87 bits per heavy atom. The molecule has 6 rings (SSSR count). The lowest BCUT2D eigenvalue weighted by atomic mass is 9.72. The van der Waals surface area contributed by atoms with E-state index in [1.165, 1.54) is 12.8 Å². The third-order valence-electron chi connectivity index (χ3n) is 10.9. The van der Waals surface area contributed by atoms with Crippen molar-refractivity contribution in [1.29, 1.82) is 0 Å². The number of nitrogens with two attached hydrogens (primary N) is 2. The lowest BCUT2D eigenvalue weighted by Crippen LogP contribution is -2.49. The monoisotopic (exact) mass is 734 g/mol. The van der Waals surface area contributed by atoms with Gasteiger partial charge in [-0.15, -0.1) is 0 Å². The van der Waals surface area contributed by atoms with Crippen LogP contribution in [0.25, 0.3) is 6.08 Å². The number of allylic oxidation sites excluding steroid dienone is 1. The standard InChI is InChI=1S/C39H54N6O6S/c1-25-9-10-28(33(38(4,5)37(46)47)31-22-29(20-27(3)40)34(41)43(31)6)21-30(25)23-45-24-39(11-16-49-17-12-39)51-36-32(52(45)48)19-26(2)35(42-36)50-18-15-44-13-7-8-14-44/h9-10,19-22,33H,7-8,11-18,23-24,40-41H2,1-6H3,(H,46,47)/b27-20-. The maximum atomic E-state index is 14.6. The molecule has 0 radical (unpaired) electrons. The minimum atomic E-state index is -1.61. The SMILES string of the molecule is C/C(N)=C/c1cc(C(c2ccc(C)c(CN3CC4(CCOCC4)Oc4nc(OCCN5CCCC5)c(C)cc4S3=O)c2)C(C)(C)C(=O)O)n(C)c1N. The number of carboxylic acid groups (broad SMARTS) is 1. The average molecular weight is 735 g/mol. The molecule has 5 N–H and O–H groups in total. The Labute approximate surface area is 309 Å². The Morgan fingerprint density at radius 1 is 1.15 bits per heavy atom. The number of ether oxygens (including phenoxy) is 3. The first-order chi connectivity index (χ1) is 24.7. The minimum absolute atomic E-state index is 0.345. The van der Waals surface area contributed by atoms with Crippen LogP contribution in [0.2, 0.25) is 0 Å². The van der Waals surface area contributed by atoms with Crippen molar-refractivity contribution in [2.75, 3.05) is 51.7 Å². The van der Waals surface area contributed by atoms with Crippen LogP contribution in [0.5, 0.6) is 11.8 Å². The van der Waals surface area contributed by atoms with Crippen LogP contribution in [0.3, 0.4) is 0 Å². The fourth-order valence-electron chi connectivity index (χ4n) is 7.66. The fourth-order valence-corrected chi connectivity index (χ4v) is 9.07. The van der Waals surface area contributed by atoms with Gasteiger partial charge in [0.15, 0.2) is 0 Å². The zero-order valence-corrected chi connectivity index (χ0v) is 32.2. The highest BCUT2D eigenvalue weighted by Crippen LogP contribution is 2.44. The molecule has 5 heterocycles. The van der Waals surface area contributed by atoms with E-state index in [9.17, 15) is 14.1 Å². The van der Waals surface area contributed by atoms with E-state index in [-0.39, 0.29) is 0 Å². The topological polar surface area (TPSA) is 158 Å². The second-order valence-corrected chi connectivity index (χ2v) is 16.7. The van der Waals surface area contributed by atoms with Gasteiger partial charge in [0.25, 0.3) is 0 Å². The number of hydrogen-bond acceptors (Lipinski definition) is 9. The number of aryl methyl sites for hydroxylation is 2. The summed E-state index contributed by atoms with van der Waals surface area (Å²) in [6.07, 6.45) is 5.49. The van der Waals surface area contributed by atoms with Crippen molar-refractivity contribution < 1.29 is 28.3 Å². The van der Waals surface area contributed by atoms with Crippen molar-refractivity contribution >= 4 is 28.8 Å². The molecule has 2 fully saturated rings. The summed E-state index contributed by atoms with van der Waals surface area (Å²) >= 11 is 0. The molecule has 1 aromatic carbocycles. The highest BCUT2D eigenvalue weighted by molar-refractivity contribution is 7.82. The number of fused-ring (bicyclic) bond motifs is 1. The van der Waals surface area contributed by atoms with Gasteiger partial charge in [0, 0.05) is 61.4 Å². The summed E-state index contributed by atoms with van der Waals surface area (Å²) in [4.78, 5) is 20.6. The van der Waals surface area contributed by atoms with Crippen molar-refractivity contribution in [3.8, 4) is 11.8 Å². The zero-order valence-electron chi connectivity index (χ0n) is 31.4. The van der Waals surface area contributed by atoms with Gasteiger partial charge in [0.2, 0.25) is 11.8 Å². The van der Waals surface area contributed by atoms with E-state index >= 15 is 0 Å². The van der Waals surface area contributed by atoms with Gasteiger partial charge in [-0.3, -0.25) is 9.69 Å². The Hall–Kier alpha value is -3.91. The largest absolute Gasteiger partial charge is 0.481 e. The van der Waals surface area contributed by atoms with Gasteiger partial charge >= 0.3 is 5.97 Å². The number of nitrogens with zero attached hydrogens (tertiary/aromatic N) is 4. The van der Waals surface area contributed by atoms with E-state index < -0.39 is 33.9 Å². The number of carbonyl (C=O) groups is 1. The third kappa shape index (κ3) is 7.73. The van der Waals surface area contributed by atoms with Crippen LogP contribution in [0, 0.1) is 19.3 Å². The summed E-state index contributed by atoms with van der Waals surface area (Å²) in [5, 5.41) is 10.5. The summed E-state index contributed by atoms with van der Waals surface area (Å²) in [5.41, 5.74) is 16.3. The van der Waals surface area contributed by atoms with Gasteiger partial charge in [-0.1, -0.05) is 18.2 Å². The zero-order chi connectivity index (χ0) is 37.4. The van der Waals surface area contributed by atoms with Crippen molar-refractivity contribution in [2.24, 2.45) is 18.2 Å². The number of aromatic nitrogens is 2. The van der Waals surface area contributed by atoms with Gasteiger partial charge in [0.05, 0.1) is 25.2 Å². The van der Waals surface area contributed by atoms with Crippen LogP contribution in [0.15, 0.2) is 40.9 Å². The molecule has 52 heavy (non-hydrogen) atoms.